The number of benzene rings is 1. The van der Waals surface area contributed by atoms with Crippen molar-refractivity contribution in [3.05, 3.63) is 34.1 Å². The van der Waals surface area contributed by atoms with E-state index in [1.165, 1.54) is 6.07 Å². The average molecular weight is 332 g/mol. The number of hydrogen-bond acceptors (Lipinski definition) is 3. The van der Waals surface area contributed by atoms with Crippen LogP contribution >= 0.6 is 15.9 Å². The van der Waals surface area contributed by atoms with Crippen molar-refractivity contribution in [3.8, 4) is 0 Å². The summed E-state index contributed by atoms with van der Waals surface area (Å²) in [6, 6.07) is 5.17. The van der Waals surface area contributed by atoms with Gasteiger partial charge in [-0.2, -0.15) is 0 Å². The third-order valence-corrected chi connectivity index (χ3v) is 3.90. The number of methoxy groups -OCH3 is 1. The first kappa shape index (κ1) is 14.9. The Labute approximate surface area is 121 Å². The second-order valence-electron chi connectivity index (χ2n) is 4.96. The van der Waals surface area contributed by atoms with Gasteiger partial charge in [-0.15, -0.1) is 0 Å². The van der Waals surface area contributed by atoms with Crippen molar-refractivity contribution < 1.29 is 14.2 Å². The van der Waals surface area contributed by atoms with Crippen LogP contribution in [0.3, 0.4) is 0 Å². The molecule has 0 saturated carbocycles. The van der Waals surface area contributed by atoms with Crippen molar-refractivity contribution in [3.63, 3.8) is 0 Å². The lowest BCUT2D eigenvalue weighted by atomic mass is 10.0. The van der Waals surface area contributed by atoms with Crippen LogP contribution in [0.5, 0.6) is 0 Å². The summed E-state index contributed by atoms with van der Waals surface area (Å²) >= 11 is 3.33. The van der Waals surface area contributed by atoms with Crippen molar-refractivity contribution in [2.45, 2.75) is 25.0 Å². The van der Waals surface area contributed by atoms with Crippen LogP contribution in [0.1, 0.15) is 24.4 Å². The Bertz CT molecular complexity index is 410. The highest BCUT2D eigenvalue weighted by Gasteiger charge is 2.28. The molecule has 0 radical (unpaired) electrons. The van der Waals surface area contributed by atoms with E-state index in [0.717, 1.165) is 29.4 Å². The fraction of sp³-hybridized carbons (Fsp3) is 0.571. The molecule has 1 aliphatic rings. The van der Waals surface area contributed by atoms with Gasteiger partial charge in [-0.3, -0.25) is 4.90 Å². The third-order valence-electron chi connectivity index (χ3n) is 3.44. The van der Waals surface area contributed by atoms with E-state index in [0.29, 0.717) is 13.2 Å². The smallest absolute Gasteiger partial charge is 0.124 e. The number of ether oxygens (including phenoxy) is 1. The maximum Gasteiger partial charge on any atom is 0.124 e. The molecule has 0 aliphatic carbocycles. The number of aliphatic hydroxyl groups excluding tert-OH is 1. The van der Waals surface area contributed by atoms with Gasteiger partial charge in [0.25, 0.3) is 0 Å². The van der Waals surface area contributed by atoms with Crippen molar-refractivity contribution >= 4 is 15.9 Å². The molecule has 1 fully saturated rings. The number of likely N-dealkylation sites (tertiary alicyclic amines) is 1. The average Bonchev–Trinajstić information content (AvgIpc) is 2.76. The molecule has 2 atom stereocenters. The number of halogens is 2. The zero-order valence-electron chi connectivity index (χ0n) is 11.0. The van der Waals surface area contributed by atoms with E-state index in [1.807, 2.05) is 6.07 Å². The maximum atomic E-state index is 13.5. The minimum atomic E-state index is -0.498. The molecule has 106 valence electrons. The predicted octanol–water partition coefficient (Wildman–Crippen LogP) is 2.73. The van der Waals surface area contributed by atoms with Crippen LogP contribution in [0.4, 0.5) is 4.39 Å². The van der Waals surface area contributed by atoms with E-state index < -0.39 is 6.10 Å². The monoisotopic (exact) mass is 331 g/mol. The first-order valence-electron chi connectivity index (χ1n) is 6.47. The summed E-state index contributed by atoms with van der Waals surface area (Å²) in [5.74, 6) is -0.228. The molecule has 3 nitrogen and oxygen atoms in total. The largest absolute Gasteiger partial charge is 0.389 e. The summed E-state index contributed by atoms with van der Waals surface area (Å²) in [6.07, 6.45) is 1.57. The Hall–Kier alpha value is -0.490. The highest BCUT2D eigenvalue weighted by atomic mass is 79.9. The molecule has 1 heterocycles. The highest BCUT2D eigenvalue weighted by molar-refractivity contribution is 9.10. The molecule has 5 heteroatoms. The molecule has 0 amide bonds. The Morgan fingerprint density at radius 1 is 1.53 bits per heavy atom. The van der Waals surface area contributed by atoms with Crippen LogP contribution in [0.25, 0.3) is 0 Å². The summed E-state index contributed by atoms with van der Waals surface area (Å²) < 4.78 is 19.2. The van der Waals surface area contributed by atoms with Crippen LogP contribution in [-0.4, -0.2) is 42.9 Å². The molecule has 19 heavy (non-hydrogen) atoms. The van der Waals surface area contributed by atoms with E-state index >= 15 is 0 Å². The third kappa shape index (κ3) is 3.99. The molecule has 1 aromatic carbocycles. The number of rotatable bonds is 5. The van der Waals surface area contributed by atoms with E-state index in [9.17, 15) is 9.50 Å². The summed E-state index contributed by atoms with van der Waals surface area (Å²) in [4.78, 5) is 2.20. The fourth-order valence-corrected chi connectivity index (χ4v) is 3.19. The molecule has 2 rings (SSSR count). The molecule has 0 bridgehead atoms. The summed E-state index contributed by atoms with van der Waals surface area (Å²) in [5.41, 5.74) is 0.967. The molecular formula is C14H19BrFNO2. The Morgan fingerprint density at radius 3 is 3.00 bits per heavy atom. The second kappa shape index (κ2) is 6.79. The predicted molar refractivity (Wildman–Crippen MR) is 75.5 cm³/mol. The topological polar surface area (TPSA) is 32.7 Å². The molecule has 1 saturated heterocycles. The normalized spacial score (nSPS) is 21.8. The van der Waals surface area contributed by atoms with Gasteiger partial charge < -0.3 is 9.84 Å². The molecule has 0 spiro atoms. The molecule has 0 unspecified atom stereocenters. The molecule has 1 aliphatic heterocycles. The van der Waals surface area contributed by atoms with Crippen molar-refractivity contribution in [1.29, 1.82) is 0 Å². The van der Waals surface area contributed by atoms with Crippen LogP contribution in [0.15, 0.2) is 22.7 Å². The Balaban J connectivity index is 2.09. The first-order valence-corrected chi connectivity index (χ1v) is 7.26. The lowest BCUT2D eigenvalue weighted by Crippen LogP contribution is -2.34. The van der Waals surface area contributed by atoms with E-state index in [4.69, 9.17) is 4.74 Å². The van der Waals surface area contributed by atoms with E-state index in [2.05, 4.69) is 20.8 Å². The second-order valence-corrected chi connectivity index (χ2v) is 5.88. The van der Waals surface area contributed by atoms with Gasteiger partial charge in [0.1, 0.15) is 5.82 Å². The zero-order chi connectivity index (χ0) is 13.8. The number of aliphatic hydroxyl groups is 1. The van der Waals surface area contributed by atoms with Gasteiger partial charge in [-0.25, -0.2) is 4.39 Å². The molecule has 1 aromatic rings. The van der Waals surface area contributed by atoms with Gasteiger partial charge in [0.05, 0.1) is 12.7 Å². The van der Waals surface area contributed by atoms with Crippen LogP contribution in [0, 0.1) is 5.82 Å². The van der Waals surface area contributed by atoms with Gasteiger partial charge in [0.2, 0.25) is 0 Å². The summed E-state index contributed by atoms with van der Waals surface area (Å²) in [6.45, 7) is 1.82. The van der Waals surface area contributed by atoms with Crippen molar-refractivity contribution in [2.24, 2.45) is 0 Å². The highest BCUT2D eigenvalue weighted by Crippen LogP contribution is 2.33. The lowest BCUT2D eigenvalue weighted by Gasteiger charge is -2.27. The van der Waals surface area contributed by atoms with Gasteiger partial charge >= 0.3 is 0 Å². The standard InChI is InChI=1S/C14H19BrFNO2/c1-19-9-13(18)8-17-4-2-3-14(17)10-5-11(15)7-12(16)6-10/h5-7,13-14,18H,2-4,8-9H2,1H3/t13-,14+/m1/s1. The summed E-state index contributed by atoms with van der Waals surface area (Å²) in [7, 11) is 1.58. The lowest BCUT2D eigenvalue weighted by molar-refractivity contribution is 0.0346. The van der Waals surface area contributed by atoms with Crippen LogP contribution in [-0.2, 0) is 4.74 Å². The van der Waals surface area contributed by atoms with E-state index in [1.54, 1.807) is 13.2 Å². The SMILES string of the molecule is COC[C@H](O)CN1CCC[C@H]1c1cc(F)cc(Br)c1. The van der Waals surface area contributed by atoms with Crippen molar-refractivity contribution in [2.75, 3.05) is 26.8 Å². The number of hydrogen-bond donors (Lipinski definition) is 1. The van der Waals surface area contributed by atoms with Gasteiger partial charge in [0.15, 0.2) is 0 Å². The minimum Gasteiger partial charge on any atom is -0.389 e. The van der Waals surface area contributed by atoms with Crippen LogP contribution < -0.4 is 0 Å². The first-order chi connectivity index (χ1) is 9.10. The van der Waals surface area contributed by atoms with Gasteiger partial charge in [0, 0.05) is 24.2 Å². The quantitative estimate of drug-likeness (QED) is 0.900. The van der Waals surface area contributed by atoms with Crippen molar-refractivity contribution in [1.82, 2.24) is 4.90 Å². The zero-order valence-corrected chi connectivity index (χ0v) is 12.6. The molecule has 0 aromatic heterocycles. The Morgan fingerprint density at radius 2 is 2.32 bits per heavy atom. The Kier molecular flexibility index (Phi) is 5.33. The molecule has 1 N–H and O–H groups in total. The maximum absolute atomic E-state index is 13.5. The molecular weight excluding hydrogens is 313 g/mol. The van der Waals surface area contributed by atoms with Gasteiger partial charge in [-0.1, -0.05) is 15.9 Å². The minimum absolute atomic E-state index is 0.179. The number of β-amino-alcohol motifs (C(OH)–C–C–N with tert-alkyl or cyclic N) is 1. The van der Waals surface area contributed by atoms with Gasteiger partial charge in [-0.05, 0) is 43.1 Å². The fourth-order valence-electron chi connectivity index (χ4n) is 2.71. The van der Waals surface area contributed by atoms with E-state index in [-0.39, 0.29) is 11.9 Å². The van der Waals surface area contributed by atoms with Crippen LogP contribution in [0.2, 0.25) is 0 Å². The summed E-state index contributed by atoms with van der Waals surface area (Å²) in [5, 5.41) is 9.83. The number of nitrogens with zero attached hydrogens (tertiary/aromatic N) is 1.